The number of fused-ring (bicyclic) bond motifs is 3. The van der Waals surface area contributed by atoms with E-state index in [1.165, 1.54) is 24.3 Å². The number of benzene rings is 1. The van der Waals surface area contributed by atoms with Crippen LogP contribution < -0.4 is 15.9 Å². The molecule has 0 aromatic heterocycles. The van der Waals surface area contributed by atoms with Gasteiger partial charge in [0.25, 0.3) is 5.91 Å². The number of ether oxygens (including phenoxy) is 5. The first-order chi connectivity index (χ1) is 14.9. The van der Waals surface area contributed by atoms with Crippen LogP contribution in [-0.2, 0) is 33.3 Å². The summed E-state index contributed by atoms with van der Waals surface area (Å²) in [6.45, 7) is 6.64. The minimum absolute atomic E-state index is 0.0987. The number of anilines is 1. The van der Waals surface area contributed by atoms with Crippen molar-refractivity contribution in [2.75, 3.05) is 11.9 Å². The second-order valence-electron chi connectivity index (χ2n) is 8.74. The summed E-state index contributed by atoms with van der Waals surface area (Å²) in [5, 5.41) is 23.9. The van der Waals surface area contributed by atoms with Gasteiger partial charge in [0.2, 0.25) is 5.91 Å². The van der Waals surface area contributed by atoms with Crippen LogP contribution >= 0.6 is 0 Å². The lowest BCUT2D eigenvalue weighted by Gasteiger charge is -2.36. The molecular weight excluding hydrogens is 426 g/mol. The van der Waals surface area contributed by atoms with Gasteiger partial charge in [0.15, 0.2) is 29.7 Å². The van der Waals surface area contributed by atoms with Crippen molar-refractivity contribution in [3.05, 3.63) is 29.5 Å². The van der Waals surface area contributed by atoms with E-state index in [0.29, 0.717) is 5.69 Å². The van der Waals surface area contributed by atoms with E-state index in [1.54, 1.807) is 27.7 Å². The van der Waals surface area contributed by atoms with Gasteiger partial charge in [0, 0.05) is 17.8 Å². The maximum atomic E-state index is 12.9. The quantitative estimate of drug-likeness (QED) is 0.434. The minimum Gasteiger partial charge on any atom is -0.595 e. The van der Waals surface area contributed by atoms with Gasteiger partial charge in [0.1, 0.15) is 18.3 Å². The molecule has 4 N–H and O–H groups in total. The normalized spacial score (nSPS) is 33.1. The molecule has 3 aliphatic rings. The van der Waals surface area contributed by atoms with Gasteiger partial charge in [-0.3, -0.25) is 9.59 Å². The lowest BCUT2D eigenvalue weighted by molar-refractivity contribution is -0.991. The van der Waals surface area contributed by atoms with Gasteiger partial charge in [-0.15, -0.1) is 0 Å². The first-order valence-corrected chi connectivity index (χ1v) is 10.2. The average molecular weight is 453 g/mol. The predicted molar refractivity (Wildman–Crippen MR) is 106 cm³/mol. The summed E-state index contributed by atoms with van der Waals surface area (Å²) in [6.07, 6.45) is -3.76. The smallest absolute Gasteiger partial charge is 0.252 e. The molecule has 6 atom stereocenters. The third-order valence-electron chi connectivity index (χ3n) is 5.25. The Bertz CT molecular complexity index is 874. The number of carbonyl (C=O) groups is 2. The monoisotopic (exact) mass is 453 g/mol. The highest BCUT2D eigenvalue weighted by molar-refractivity contribution is 5.95. The fourth-order valence-electron chi connectivity index (χ4n) is 3.99. The van der Waals surface area contributed by atoms with Crippen LogP contribution in [0.15, 0.2) is 24.3 Å². The second kappa shape index (κ2) is 8.32. The summed E-state index contributed by atoms with van der Waals surface area (Å²) in [6, 6.07) is 5.66. The van der Waals surface area contributed by atoms with Crippen molar-refractivity contribution in [2.24, 2.45) is 0 Å². The van der Waals surface area contributed by atoms with Crippen molar-refractivity contribution in [2.45, 2.75) is 70.0 Å². The van der Waals surface area contributed by atoms with Crippen LogP contribution in [0.4, 0.5) is 11.4 Å². The molecule has 1 unspecified atom stereocenters. The van der Waals surface area contributed by atoms with E-state index >= 15 is 0 Å². The lowest BCUT2D eigenvalue weighted by atomic mass is 9.98. The van der Waals surface area contributed by atoms with Crippen molar-refractivity contribution < 1.29 is 43.7 Å². The number of amides is 2. The third-order valence-corrected chi connectivity index (χ3v) is 5.25. The Morgan fingerprint density at radius 3 is 2.25 bits per heavy atom. The van der Waals surface area contributed by atoms with E-state index in [1.807, 2.05) is 0 Å². The zero-order valence-corrected chi connectivity index (χ0v) is 18.1. The Balaban J connectivity index is 1.37. The Kier molecular flexibility index (Phi) is 5.98. The van der Waals surface area contributed by atoms with E-state index in [9.17, 15) is 14.8 Å². The number of hydrogen-bond acceptors (Lipinski definition) is 9. The Hall–Kier alpha value is -2.16. The molecule has 12 nitrogen and oxygen atoms in total. The summed E-state index contributed by atoms with van der Waals surface area (Å²) in [4.78, 5) is 25.1. The number of rotatable bonds is 5. The maximum Gasteiger partial charge on any atom is 0.252 e. The standard InChI is InChI=1S/C20H27N3O9/c1-19(2)29-13-14(30-19)16-18(32-20(3,4)31-16)28-15(13)17(25)21-9-12(24)22-10-5-7-11(8-6-10)23(26)27/h5-8,13-16,18,23,26H,9H2,1-4H3,(H,21,25)(H,22,24)/t13-,14-,15-,16-,18+/m1/s1. The molecule has 32 heavy (non-hydrogen) atoms. The van der Waals surface area contributed by atoms with Crippen molar-refractivity contribution in [3.63, 3.8) is 0 Å². The van der Waals surface area contributed by atoms with E-state index in [2.05, 4.69) is 10.6 Å². The second-order valence-corrected chi connectivity index (χ2v) is 8.74. The van der Waals surface area contributed by atoms with E-state index in [0.717, 1.165) is 0 Å². The van der Waals surface area contributed by atoms with E-state index < -0.39 is 59.3 Å². The number of hydrogen-bond donors (Lipinski definition) is 4. The summed E-state index contributed by atoms with van der Waals surface area (Å²) in [5.41, 5.74) is 0.501. The molecule has 0 aliphatic carbocycles. The zero-order chi connectivity index (χ0) is 23.3. The topological polar surface area (TPSA) is 152 Å². The molecule has 3 aliphatic heterocycles. The molecule has 3 fully saturated rings. The Morgan fingerprint density at radius 2 is 1.59 bits per heavy atom. The number of carbonyl (C=O) groups excluding carboxylic acids is 2. The highest BCUT2D eigenvalue weighted by Gasteiger charge is 2.62. The number of quaternary nitrogens is 1. The summed E-state index contributed by atoms with van der Waals surface area (Å²) >= 11 is 0. The van der Waals surface area contributed by atoms with Gasteiger partial charge in [-0.25, -0.2) is 5.21 Å². The third kappa shape index (κ3) is 4.77. The van der Waals surface area contributed by atoms with Crippen molar-refractivity contribution in [3.8, 4) is 0 Å². The molecule has 2 amide bonds. The molecule has 3 heterocycles. The molecule has 3 saturated heterocycles. The van der Waals surface area contributed by atoms with Gasteiger partial charge in [0.05, 0.1) is 6.54 Å². The highest BCUT2D eigenvalue weighted by atomic mass is 16.9. The van der Waals surface area contributed by atoms with Crippen LogP contribution in [0.3, 0.4) is 0 Å². The summed E-state index contributed by atoms with van der Waals surface area (Å²) < 4.78 is 29.4. The first kappa shape index (κ1) is 23.0. The minimum atomic E-state index is -1.07. The van der Waals surface area contributed by atoms with Crippen molar-refractivity contribution >= 4 is 23.2 Å². The molecule has 1 aromatic carbocycles. The van der Waals surface area contributed by atoms with Crippen LogP contribution in [0.5, 0.6) is 0 Å². The van der Waals surface area contributed by atoms with Crippen LogP contribution in [0.25, 0.3) is 0 Å². The molecule has 0 spiro atoms. The largest absolute Gasteiger partial charge is 0.595 e. The van der Waals surface area contributed by atoms with Crippen LogP contribution in [-0.4, -0.2) is 65.8 Å². The zero-order valence-electron chi connectivity index (χ0n) is 18.1. The molecule has 0 radical (unpaired) electrons. The van der Waals surface area contributed by atoms with Crippen LogP contribution in [0, 0.1) is 5.21 Å². The van der Waals surface area contributed by atoms with Crippen molar-refractivity contribution in [1.29, 1.82) is 0 Å². The number of nitrogens with one attached hydrogen (secondary N) is 3. The van der Waals surface area contributed by atoms with E-state index in [4.69, 9.17) is 28.9 Å². The van der Waals surface area contributed by atoms with Crippen LogP contribution in [0.1, 0.15) is 27.7 Å². The summed E-state index contributed by atoms with van der Waals surface area (Å²) in [5.74, 6) is -2.89. The molecule has 4 rings (SSSR count). The van der Waals surface area contributed by atoms with Gasteiger partial charge in [-0.2, -0.15) is 5.23 Å². The fraction of sp³-hybridized carbons (Fsp3) is 0.600. The molecule has 0 bridgehead atoms. The highest BCUT2D eigenvalue weighted by Crippen LogP contribution is 2.44. The molecular formula is C20H27N3O9. The molecule has 0 saturated carbocycles. The van der Waals surface area contributed by atoms with Gasteiger partial charge in [-0.1, -0.05) is 0 Å². The lowest BCUT2D eigenvalue weighted by Crippen LogP contribution is -2.99. The Labute approximate surface area is 184 Å². The first-order valence-electron chi connectivity index (χ1n) is 10.2. The van der Waals surface area contributed by atoms with Crippen molar-refractivity contribution in [1.82, 2.24) is 5.32 Å². The van der Waals surface area contributed by atoms with Gasteiger partial charge >= 0.3 is 0 Å². The predicted octanol–water partition coefficient (Wildman–Crippen LogP) is -0.459. The fourth-order valence-corrected chi connectivity index (χ4v) is 3.99. The Morgan fingerprint density at radius 1 is 1.00 bits per heavy atom. The van der Waals surface area contributed by atoms with Crippen LogP contribution in [0.2, 0.25) is 0 Å². The average Bonchev–Trinajstić information content (AvgIpc) is 3.19. The summed E-state index contributed by atoms with van der Waals surface area (Å²) in [7, 11) is 0. The van der Waals surface area contributed by atoms with E-state index in [-0.39, 0.29) is 12.2 Å². The SMILES string of the molecule is CC1(C)O[C@@H]2[C@@H](O1)[C@H](C(=O)NCC(=O)Nc1ccc([NH+]([O-])O)cc1)O[C@H]1OC(C)(C)O[C@@H]12. The maximum absolute atomic E-state index is 12.9. The molecule has 1 aromatic rings. The van der Waals surface area contributed by atoms with Gasteiger partial charge < -0.3 is 39.5 Å². The molecule has 176 valence electrons. The van der Waals surface area contributed by atoms with Gasteiger partial charge in [-0.05, 0) is 39.8 Å². The molecule has 12 heteroatoms.